The minimum Gasteiger partial charge on any atom is -0.351 e. The Balaban J connectivity index is 1.70. The molecular weight excluding hydrogens is 308 g/mol. The van der Waals surface area contributed by atoms with Crippen LogP contribution in [-0.2, 0) is 17.8 Å². The second-order valence-corrected chi connectivity index (χ2v) is 8.40. The van der Waals surface area contributed by atoms with Crippen molar-refractivity contribution >= 4 is 18.1 Å². The minimum absolute atomic E-state index is 0.0504. The molecule has 23 heavy (non-hydrogen) atoms. The third-order valence-corrected chi connectivity index (χ3v) is 7.05. The van der Waals surface area contributed by atoms with Crippen molar-refractivity contribution in [2.45, 2.75) is 72.4 Å². The van der Waals surface area contributed by atoms with Gasteiger partial charge in [0.25, 0.3) is 0 Å². The first-order chi connectivity index (χ1) is 10.8. The maximum absolute atomic E-state index is 12.6. The van der Waals surface area contributed by atoms with Crippen molar-refractivity contribution in [2.24, 2.45) is 16.7 Å². The van der Waals surface area contributed by atoms with Crippen LogP contribution in [0.15, 0.2) is 0 Å². The van der Waals surface area contributed by atoms with E-state index in [-0.39, 0.29) is 23.9 Å². The van der Waals surface area contributed by atoms with E-state index in [1.54, 1.807) is 0 Å². The van der Waals surface area contributed by atoms with E-state index in [9.17, 15) is 4.79 Å². The molecule has 2 bridgehead atoms. The van der Waals surface area contributed by atoms with Crippen LogP contribution in [0.4, 0.5) is 0 Å². The molecule has 5 nitrogen and oxygen atoms in total. The number of hydrogen-bond acceptors (Lipinski definition) is 3. The van der Waals surface area contributed by atoms with Crippen LogP contribution in [-0.4, -0.2) is 26.7 Å². The second-order valence-electron chi connectivity index (χ2n) is 8.01. The summed E-state index contributed by atoms with van der Waals surface area (Å²) in [5.41, 5.74) is 0.516. The Morgan fingerprint density at radius 2 is 2.22 bits per heavy atom. The summed E-state index contributed by atoms with van der Waals surface area (Å²) >= 11 is 5.26. The molecule has 0 aromatic carbocycles. The van der Waals surface area contributed by atoms with Crippen LogP contribution in [0, 0.1) is 21.5 Å². The van der Waals surface area contributed by atoms with Gasteiger partial charge in [0.2, 0.25) is 5.91 Å². The van der Waals surface area contributed by atoms with E-state index >= 15 is 0 Å². The van der Waals surface area contributed by atoms with E-state index in [0.717, 1.165) is 31.0 Å². The molecule has 3 atom stereocenters. The molecule has 6 heteroatoms. The van der Waals surface area contributed by atoms with Gasteiger partial charge in [-0.3, -0.25) is 14.5 Å². The fourth-order valence-electron chi connectivity index (χ4n) is 4.73. The number of carbonyl (C=O) groups excluding carboxylic acids is 1. The fraction of sp³-hybridized carbons (Fsp3) is 0.824. The molecule has 2 fully saturated rings. The van der Waals surface area contributed by atoms with Crippen molar-refractivity contribution in [3.63, 3.8) is 0 Å². The van der Waals surface area contributed by atoms with Crippen LogP contribution in [0.1, 0.15) is 59.2 Å². The van der Waals surface area contributed by atoms with E-state index in [4.69, 9.17) is 12.2 Å². The number of carbonyl (C=O) groups is 1. The van der Waals surface area contributed by atoms with Gasteiger partial charge in [0, 0.05) is 12.5 Å². The van der Waals surface area contributed by atoms with E-state index in [2.05, 4.69) is 43.2 Å². The van der Waals surface area contributed by atoms with Gasteiger partial charge in [0.05, 0.1) is 0 Å². The van der Waals surface area contributed by atoms with Crippen LogP contribution in [0.2, 0.25) is 0 Å². The van der Waals surface area contributed by atoms with E-state index < -0.39 is 0 Å². The Bertz CT molecular complexity index is 662. The van der Waals surface area contributed by atoms with Crippen LogP contribution in [0.25, 0.3) is 0 Å². The number of nitrogens with one attached hydrogen (secondary N) is 2. The predicted molar refractivity (Wildman–Crippen MR) is 92.6 cm³/mol. The fourth-order valence-corrected chi connectivity index (χ4v) is 4.95. The molecule has 128 valence electrons. The Hall–Kier alpha value is -1.17. The predicted octanol–water partition coefficient (Wildman–Crippen LogP) is 3.22. The molecule has 2 saturated carbocycles. The van der Waals surface area contributed by atoms with E-state index in [0.29, 0.717) is 10.2 Å². The molecule has 3 rings (SSSR count). The lowest BCUT2D eigenvalue weighted by Crippen LogP contribution is -2.47. The molecule has 2 aliphatic rings. The first-order valence-electron chi connectivity index (χ1n) is 8.73. The van der Waals surface area contributed by atoms with Gasteiger partial charge >= 0.3 is 0 Å². The van der Waals surface area contributed by atoms with Gasteiger partial charge in [-0.2, -0.15) is 5.10 Å². The Morgan fingerprint density at radius 1 is 1.48 bits per heavy atom. The van der Waals surface area contributed by atoms with Gasteiger partial charge < -0.3 is 5.32 Å². The Kier molecular flexibility index (Phi) is 4.15. The van der Waals surface area contributed by atoms with Crippen LogP contribution in [0.5, 0.6) is 0 Å². The molecule has 0 aliphatic heterocycles. The number of hydrogen-bond donors (Lipinski definition) is 2. The summed E-state index contributed by atoms with van der Waals surface area (Å²) in [6.07, 6.45) is 5.42. The largest absolute Gasteiger partial charge is 0.351 e. The smallest absolute Gasteiger partial charge is 0.240 e. The lowest BCUT2D eigenvalue weighted by molar-refractivity contribution is -0.123. The summed E-state index contributed by atoms with van der Waals surface area (Å²) in [6.45, 7) is 9.43. The summed E-state index contributed by atoms with van der Waals surface area (Å²) < 4.78 is 2.36. The number of amides is 1. The summed E-state index contributed by atoms with van der Waals surface area (Å²) in [5.74, 6) is 1.64. The van der Waals surface area contributed by atoms with Crippen molar-refractivity contribution in [2.75, 3.05) is 0 Å². The first kappa shape index (κ1) is 16.7. The van der Waals surface area contributed by atoms with E-state index in [1.165, 1.54) is 12.8 Å². The van der Waals surface area contributed by atoms with Gasteiger partial charge in [-0.1, -0.05) is 27.7 Å². The average Bonchev–Trinajstić information content (AvgIpc) is 2.99. The SMILES string of the molecule is CCCc1n[nH]c(=S)n1CC(=O)N[C@H]1C[C@H]2CC[C@@]1(C)C2(C)C. The molecule has 1 heterocycles. The van der Waals surface area contributed by atoms with Crippen molar-refractivity contribution in [3.05, 3.63) is 10.6 Å². The van der Waals surface area contributed by atoms with Crippen molar-refractivity contribution < 1.29 is 4.79 Å². The van der Waals surface area contributed by atoms with Gasteiger partial charge in [-0.25, -0.2) is 0 Å². The lowest BCUT2D eigenvalue weighted by atomic mass is 9.69. The third-order valence-electron chi connectivity index (χ3n) is 6.74. The van der Waals surface area contributed by atoms with Crippen molar-refractivity contribution in [1.29, 1.82) is 0 Å². The highest BCUT2D eigenvalue weighted by Gasteiger charge is 2.61. The topological polar surface area (TPSA) is 62.7 Å². The summed E-state index contributed by atoms with van der Waals surface area (Å²) in [4.78, 5) is 12.6. The molecule has 2 N–H and O–H groups in total. The second kappa shape index (κ2) is 5.72. The molecule has 1 aromatic heterocycles. The highest BCUT2D eigenvalue weighted by Crippen LogP contribution is 2.65. The monoisotopic (exact) mass is 336 g/mol. The number of nitrogens with zero attached hydrogens (tertiary/aromatic N) is 2. The number of aromatic nitrogens is 3. The van der Waals surface area contributed by atoms with Crippen molar-refractivity contribution in [1.82, 2.24) is 20.1 Å². The molecule has 0 saturated heterocycles. The third kappa shape index (κ3) is 2.55. The maximum atomic E-state index is 12.6. The summed E-state index contributed by atoms with van der Waals surface area (Å²) in [7, 11) is 0. The van der Waals surface area contributed by atoms with Crippen molar-refractivity contribution in [3.8, 4) is 0 Å². The van der Waals surface area contributed by atoms with Gasteiger partial charge in [-0.15, -0.1) is 0 Å². The number of fused-ring (bicyclic) bond motifs is 2. The molecule has 1 aromatic rings. The zero-order valence-corrected chi connectivity index (χ0v) is 15.4. The number of aryl methyl sites for hydroxylation is 1. The number of aromatic amines is 1. The summed E-state index contributed by atoms with van der Waals surface area (Å²) in [6, 6.07) is 0.277. The molecule has 2 aliphatic carbocycles. The molecule has 0 radical (unpaired) electrons. The zero-order valence-electron chi connectivity index (χ0n) is 14.6. The number of H-pyrrole nitrogens is 1. The Morgan fingerprint density at radius 3 is 2.78 bits per heavy atom. The normalized spacial score (nSPS) is 31.5. The van der Waals surface area contributed by atoms with Gasteiger partial charge in [-0.05, 0) is 54.6 Å². The zero-order chi connectivity index (χ0) is 16.8. The van der Waals surface area contributed by atoms with Crippen LogP contribution < -0.4 is 5.32 Å². The minimum atomic E-state index is 0.0504. The highest BCUT2D eigenvalue weighted by molar-refractivity contribution is 7.71. The standard InChI is InChI=1S/C17H28N4OS/c1-5-6-13-19-20-15(23)21(13)10-14(22)18-12-9-11-7-8-17(12,4)16(11,2)3/h11-12H,5-10H2,1-4H3,(H,18,22)(H,20,23)/t11-,12+,17-/m1/s1. The maximum Gasteiger partial charge on any atom is 0.240 e. The molecule has 0 unspecified atom stereocenters. The van der Waals surface area contributed by atoms with Crippen LogP contribution in [0.3, 0.4) is 0 Å². The highest BCUT2D eigenvalue weighted by atomic mass is 32.1. The molecule has 0 spiro atoms. The Labute approximate surface area is 143 Å². The summed E-state index contributed by atoms with van der Waals surface area (Å²) in [5, 5.41) is 10.3. The first-order valence-corrected chi connectivity index (χ1v) is 9.14. The van der Waals surface area contributed by atoms with Gasteiger partial charge in [0.1, 0.15) is 12.4 Å². The molecule has 1 amide bonds. The quantitative estimate of drug-likeness (QED) is 0.812. The number of rotatable bonds is 5. The van der Waals surface area contributed by atoms with Crippen LogP contribution >= 0.6 is 12.2 Å². The molecular formula is C17H28N4OS. The van der Waals surface area contributed by atoms with E-state index in [1.807, 2.05) is 4.57 Å². The van der Waals surface area contributed by atoms with Gasteiger partial charge in [0.15, 0.2) is 4.77 Å². The lowest BCUT2D eigenvalue weighted by Gasteiger charge is -2.39. The average molecular weight is 337 g/mol.